The van der Waals surface area contributed by atoms with Crippen LogP contribution in [0.4, 0.5) is 0 Å². The maximum absolute atomic E-state index is 11.2. The van der Waals surface area contributed by atoms with Crippen LogP contribution < -0.4 is 0 Å². The van der Waals surface area contributed by atoms with Crippen LogP contribution in [0.2, 0.25) is 0 Å². The zero-order valence-electron chi connectivity index (χ0n) is 12.1. The molecule has 114 valence electrons. The van der Waals surface area contributed by atoms with Crippen LogP contribution in [0.5, 0.6) is 0 Å². The van der Waals surface area contributed by atoms with E-state index in [9.17, 15) is 14.4 Å². The largest absolute Gasteiger partial charge is 0.466 e. The molecule has 6 heteroatoms. The first-order chi connectivity index (χ1) is 9.36. The Kier molecular flexibility index (Phi) is 9.72. The predicted molar refractivity (Wildman–Crippen MR) is 75.2 cm³/mol. The molecule has 0 rings (SSSR count). The summed E-state index contributed by atoms with van der Waals surface area (Å²) < 4.78 is 9.73. The Bertz CT molecular complexity index is 365. The van der Waals surface area contributed by atoms with Crippen LogP contribution in [0.15, 0.2) is 12.2 Å². The molecular weight excluding hydrogens is 284 g/mol. The lowest BCUT2D eigenvalue weighted by Gasteiger charge is -2.21. The molecule has 0 aliphatic carbocycles. The Labute approximate surface area is 124 Å². The van der Waals surface area contributed by atoms with E-state index in [1.54, 1.807) is 13.0 Å². The fraction of sp³-hybridized carbons (Fsp3) is 0.643. The van der Waals surface area contributed by atoms with Gasteiger partial charge in [0.15, 0.2) is 0 Å². The van der Waals surface area contributed by atoms with Gasteiger partial charge in [0.05, 0.1) is 13.2 Å². The Morgan fingerprint density at radius 2 is 1.90 bits per heavy atom. The van der Waals surface area contributed by atoms with Crippen LogP contribution in [0.1, 0.15) is 33.6 Å². The molecule has 0 aromatic rings. The lowest BCUT2D eigenvalue weighted by atomic mass is 9.89. The minimum Gasteiger partial charge on any atom is -0.466 e. The number of halogens is 1. The van der Waals surface area contributed by atoms with Gasteiger partial charge in [-0.3, -0.25) is 9.59 Å². The third-order valence-electron chi connectivity index (χ3n) is 2.77. The quantitative estimate of drug-likeness (QED) is 0.372. The molecule has 2 atom stereocenters. The van der Waals surface area contributed by atoms with Crippen molar-refractivity contribution in [3.8, 4) is 0 Å². The number of esters is 2. The number of hydrogen-bond acceptors (Lipinski definition) is 5. The molecule has 0 radical (unpaired) electrons. The molecule has 0 N–H and O–H groups in total. The van der Waals surface area contributed by atoms with E-state index in [4.69, 9.17) is 21.1 Å². The fourth-order valence-electron chi connectivity index (χ4n) is 1.64. The van der Waals surface area contributed by atoms with Gasteiger partial charge in [0.1, 0.15) is 0 Å². The van der Waals surface area contributed by atoms with Crippen molar-refractivity contribution in [3.05, 3.63) is 12.2 Å². The van der Waals surface area contributed by atoms with E-state index in [1.165, 1.54) is 13.0 Å². The van der Waals surface area contributed by atoms with Crippen molar-refractivity contribution in [3.63, 3.8) is 0 Å². The van der Waals surface area contributed by atoms with Crippen molar-refractivity contribution in [2.45, 2.75) is 33.6 Å². The first-order valence-electron chi connectivity index (χ1n) is 6.51. The van der Waals surface area contributed by atoms with Gasteiger partial charge >= 0.3 is 11.9 Å². The molecule has 0 spiro atoms. The van der Waals surface area contributed by atoms with Gasteiger partial charge in [-0.2, -0.15) is 0 Å². The molecule has 0 bridgehead atoms. The highest BCUT2D eigenvalue weighted by Crippen LogP contribution is 2.21. The van der Waals surface area contributed by atoms with Crippen molar-refractivity contribution < 1.29 is 23.9 Å². The molecule has 20 heavy (non-hydrogen) atoms. The summed E-state index contributed by atoms with van der Waals surface area (Å²) in [6.07, 6.45) is 3.68. The van der Waals surface area contributed by atoms with E-state index in [1.807, 2.05) is 6.92 Å². The van der Waals surface area contributed by atoms with E-state index in [-0.39, 0.29) is 30.8 Å². The molecule has 0 aromatic heterocycles. The number of carbonyl (C=O) groups excluding carboxylic acids is 3. The fourth-order valence-corrected chi connectivity index (χ4v) is 1.88. The maximum atomic E-state index is 11.2. The zero-order chi connectivity index (χ0) is 15.5. The predicted octanol–water partition coefficient (Wildman–Crippen LogP) is 2.47. The standard InChI is InChI=1S/C14H21ClO5/c1-4-19-14(18)7-5-6-12(9-20-11(3)16)10(2)8-13(15)17/h5,7,10,12H,4,6,8-9H2,1-3H3/b7-5-/t10-,12+/m0/s1. The average molecular weight is 305 g/mol. The Hall–Kier alpha value is -1.36. The lowest BCUT2D eigenvalue weighted by Crippen LogP contribution is -2.20. The van der Waals surface area contributed by atoms with E-state index < -0.39 is 11.2 Å². The van der Waals surface area contributed by atoms with Gasteiger partial charge in [0.2, 0.25) is 5.24 Å². The maximum Gasteiger partial charge on any atom is 0.330 e. The minimum absolute atomic E-state index is 0.0498. The molecule has 0 unspecified atom stereocenters. The normalized spacial score (nSPS) is 13.8. The van der Waals surface area contributed by atoms with E-state index in [0.29, 0.717) is 13.0 Å². The summed E-state index contributed by atoms with van der Waals surface area (Å²) in [7, 11) is 0. The van der Waals surface area contributed by atoms with Crippen LogP contribution in [-0.2, 0) is 23.9 Å². The summed E-state index contributed by atoms with van der Waals surface area (Å²) in [6, 6.07) is 0. The second-order valence-electron chi connectivity index (χ2n) is 4.49. The van der Waals surface area contributed by atoms with Gasteiger partial charge in [-0.25, -0.2) is 4.79 Å². The highest BCUT2D eigenvalue weighted by molar-refractivity contribution is 6.63. The van der Waals surface area contributed by atoms with Gasteiger partial charge in [-0.05, 0) is 36.8 Å². The SMILES string of the molecule is CCOC(=O)/C=C\C[C@H](COC(C)=O)[C@@H](C)CC(=O)Cl. The van der Waals surface area contributed by atoms with Crippen molar-refractivity contribution in [2.75, 3.05) is 13.2 Å². The Morgan fingerprint density at radius 3 is 2.40 bits per heavy atom. The van der Waals surface area contributed by atoms with Crippen molar-refractivity contribution in [1.82, 2.24) is 0 Å². The number of ether oxygens (including phenoxy) is 2. The van der Waals surface area contributed by atoms with Gasteiger partial charge in [0.25, 0.3) is 0 Å². The number of rotatable bonds is 9. The monoisotopic (exact) mass is 304 g/mol. The highest BCUT2D eigenvalue weighted by atomic mass is 35.5. The van der Waals surface area contributed by atoms with Crippen LogP contribution in [-0.4, -0.2) is 30.4 Å². The molecule has 0 heterocycles. The molecule has 5 nitrogen and oxygen atoms in total. The summed E-state index contributed by atoms with van der Waals surface area (Å²) in [5.41, 5.74) is 0. The van der Waals surface area contributed by atoms with E-state index >= 15 is 0 Å². The first-order valence-corrected chi connectivity index (χ1v) is 6.89. The smallest absolute Gasteiger partial charge is 0.330 e. The zero-order valence-corrected chi connectivity index (χ0v) is 12.8. The van der Waals surface area contributed by atoms with Crippen molar-refractivity contribution >= 4 is 28.8 Å². The molecule has 0 aromatic carbocycles. The Morgan fingerprint density at radius 1 is 1.25 bits per heavy atom. The van der Waals surface area contributed by atoms with Crippen LogP contribution in [0.25, 0.3) is 0 Å². The Balaban J connectivity index is 4.47. The summed E-state index contributed by atoms with van der Waals surface area (Å²) in [4.78, 5) is 33.0. The third-order valence-corrected chi connectivity index (χ3v) is 2.92. The van der Waals surface area contributed by atoms with Crippen LogP contribution in [0, 0.1) is 11.8 Å². The number of carbonyl (C=O) groups is 3. The molecule has 0 saturated carbocycles. The summed E-state index contributed by atoms with van der Waals surface area (Å²) in [5, 5.41) is -0.431. The molecule has 0 amide bonds. The highest BCUT2D eigenvalue weighted by Gasteiger charge is 2.20. The number of hydrogen-bond donors (Lipinski definition) is 0. The van der Waals surface area contributed by atoms with E-state index in [2.05, 4.69) is 0 Å². The van der Waals surface area contributed by atoms with E-state index in [0.717, 1.165) is 0 Å². The average Bonchev–Trinajstić information content (AvgIpc) is 2.32. The molecule has 0 saturated heterocycles. The lowest BCUT2D eigenvalue weighted by molar-refractivity contribution is -0.143. The summed E-state index contributed by atoms with van der Waals surface area (Å²) in [6.45, 7) is 5.41. The second kappa shape index (κ2) is 10.4. The minimum atomic E-state index is -0.431. The van der Waals surface area contributed by atoms with Gasteiger partial charge < -0.3 is 9.47 Å². The topological polar surface area (TPSA) is 69.7 Å². The van der Waals surface area contributed by atoms with Crippen LogP contribution in [0.3, 0.4) is 0 Å². The first kappa shape index (κ1) is 18.6. The van der Waals surface area contributed by atoms with Crippen molar-refractivity contribution in [2.24, 2.45) is 11.8 Å². The molecule has 0 aliphatic rings. The van der Waals surface area contributed by atoms with Gasteiger partial charge in [0, 0.05) is 19.4 Å². The second-order valence-corrected chi connectivity index (χ2v) is 4.91. The number of allylic oxidation sites excluding steroid dienone is 1. The van der Waals surface area contributed by atoms with Gasteiger partial charge in [-0.1, -0.05) is 13.0 Å². The molecule has 0 fully saturated rings. The third kappa shape index (κ3) is 9.55. The van der Waals surface area contributed by atoms with Crippen molar-refractivity contribution in [1.29, 1.82) is 0 Å². The summed E-state index contributed by atoms with van der Waals surface area (Å²) >= 11 is 5.37. The van der Waals surface area contributed by atoms with Crippen LogP contribution >= 0.6 is 11.6 Å². The summed E-state index contributed by atoms with van der Waals surface area (Å²) in [5.74, 6) is -0.924. The molecular formula is C14H21ClO5. The molecule has 0 aliphatic heterocycles. The van der Waals surface area contributed by atoms with Gasteiger partial charge in [-0.15, -0.1) is 0 Å².